The number of hydrogen-bond donors (Lipinski definition) is 1. The fourth-order valence-corrected chi connectivity index (χ4v) is 2.01. The fraction of sp³-hybridized carbons (Fsp3) is 0.250. The van der Waals surface area contributed by atoms with Gasteiger partial charge in [0.1, 0.15) is 17.1 Å². The molecule has 5 heteroatoms. The molecule has 110 valence electrons. The zero-order chi connectivity index (χ0) is 15.4. The Kier molecular flexibility index (Phi) is 4.42. The van der Waals surface area contributed by atoms with E-state index < -0.39 is 5.63 Å². The number of hydrogen-bond acceptors (Lipinski definition) is 5. The molecule has 1 aromatic heterocycles. The molecule has 0 radical (unpaired) electrons. The van der Waals surface area contributed by atoms with E-state index in [4.69, 9.17) is 9.15 Å². The monoisotopic (exact) mass is 287 g/mol. The minimum absolute atomic E-state index is 0.0471. The van der Waals surface area contributed by atoms with Crippen LogP contribution in [0.1, 0.15) is 29.5 Å². The van der Waals surface area contributed by atoms with Gasteiger partial charge in [0.25, 0.3) is 0 Å². The van der Waals surface area contributed by atoms with Gasteiger partial charge in [0.15, 0.2) is 5.78 Å². The van der Waals surface area contributed by atoms with Crippen molar-refractivity contribution in [3.05, 3.63) is 52.1 Å². The molecule has 0 aliphatic heterocycles. The third-order valence-corrected chi connectivity index (χ3v) is 3.02. The van der Waals surface area contributed by atoms with Crippen LogP contribution < -0.4 is 15.7 Å². The summed E-state index contributed by atoms with van der Waals surface area (Å²) in [6.45, 7) is 3.37. The third kappa shape index (κ3) is 3.31. The van der Waals surface area contributed by atoms with E-state index in [9.17, 15) is 9.59 Å². The lowest BCUT2D eigenvalue weighted by molar-refractivity contribution is 0.0985. The van der Waals surface area contributed by atoms with Crippen LogP contribution in [0.3, 0.4) is 0 Å². The van der Waals surface area contributed by atoms with Gasteiger partial charge in [0, 0.05) is 24.2 Å². The predicted molar refractivity (Wildman–Crippen MR) is 80.6 cm³/mol. The van der Waals surface area contributed by atoms with Crippen LogP contribution in [-0.4, -0.2) is 12.9 Å². The van der Waals surface area contributed by atoms with Gasteiger partial charge in [-0.25, -0.2) is 4.79 Å². The zero-order valence-electron chi connectivity index (χ0n) is 12.2. The molecule has 0 aliphatic rings. The maximum atomic E-state index is 12.0. The van der Waals surface area contributed by atoms with Gasteiger partial charge in [-0.3, -0.25) is 4.79 Å². The molecule has 21 heavy (non-hydrogen) atoms. The summed E-state index contributed by atoms with van der Waals surface area (Å²) in [5.41, 5.74) is 0.603. The molecule has 0 aliphatic carbocycles. The van der Waals surface area contributed by atoms with Crippen LogP contribution in [0.5, 0.6) is 5.75 Å². The van der Waals surface area contributed by atoms with Gasteiger partial charge < -0.3 is 14.5 Å². The Bertz CT molecular complexity index is 718. The highest BCUT2D eigenvalue weighted by molar-refractivity contribution is 6.01. The Morgan fingerprint density at radius 1 is 1.33 bits per heavy atom. The van der Waals surface area contributed by atoms with Gasteiger partial charge >= 0.3 is 5.63 Å². The van der Waals surface area contributed by atoms with E-state index >= 15 is 0 Å². The van der Waals surface area contributed by atoms with E-state index in [2.05, 4.69) is 5.32 Å². The van der Waals surface area contributed by atoms with E-state index in [-0.39, 0.29) is 17.8 Å². The fourth-order valence-electron chi connectivity index (χ4n) is 2.01. The Morgan fingerprint density at radius 2 is 2.10 bits per heavy atom. The third-order valence-electron chi connectivity index (χ3n) is 3.02. The Labute approximate surface area is 122 Å². The second kappa shape index (κ2) is 6.26. The van der Waals surface area contributed by atoms with E-state index in [0.29, 0.717) is 17.2 Å². The Balaban J connectivity index is 2.47. The molecule has 0 spiro atoms. The summed E-state index contributed by atoms with van der Waals surface area (Å²) >= 11 is 0. The number of methoxy groups -OCH3 is 1. The molecule has 0 saturated heterocycles. The maximum absolute atomic E-state index is 12.0. The molecule has 0 bridgehead atoms. The molecule has 0 unspecified atom stereocenters. The van der Waals surface area contributed by atoms with Gasteiger partial charge in [0.05, 0.1) is 12.8 Å². The lowest BCUT2D eigenvalue weighted by Gasteiger charge is -2.11. The Morgan fingerprint density at radius 3 is 2.76 bits per heavy atom. The topological polar surface area (TPSA) is 68.5 Å². The van der Waals surface area contributed by atoms with Crippen molar-refractivity contribution in [3.63, 3.8) is 0 Å². The first-order chi connectivity index (χ1) is 10.0. The molecule has 2 rings (SSSR count). The van der Waals surface area contributed by atoms with Crippen molar-refractivity contribution in [1.29, 1.82) is 0 Å². The zero-order valence-corrected chi connectivity index (χ0v) is 12.2. The molecule has 0 atom stereocenters. The normalized spacial score (nSPS) is 10.2. The van der Waals surface area contributed by atoms with Crippen molar-refractivity contribution in [1.82, 2.24) is 0 Å². The van der Waals surface area contributed by atoms with Gasteiger partial charge in [-0.15, -0.1) is 0 Å². The average Bonchev–Trinajstić information content (AvgIpc) is 2.46. The second-order valence-corrected chi connectivity index (χ2v) is 4.57. The average molecular weight is 287 g/mol. The predicted octanol–water partition coefficient (Wildman–Crippen LogP) is 3.29. The van der Waals surface area contributed by atoms with E-state index in [1.54, 1.807) is 33.1 Å². The first-order valence-electron chi connectivity index (χ1n) is 6.64. The molecular weight excluding hydrogens is 270 g/mol. The SMILES string of the molecule is CCC(=O)c1c(Nc2cccc(OC)c2)cc(C)oc1=O. The van der Waals surface area contributed by atoms with Gasteiger partial charge in [-0.05, 0) is 19.1 Å². The summed E-state index contributed by atoms with van der Waals surface area (Å²) < 4.78 is 10.2. The summed E-state index contributed by atoms with van der Waals surface area (Å²) in [6, 6.07) is 8.88. The van der Waals surface area contributed by atoms with Crippen LogP contribution in [0.15, 0.2) is 39.5 Å². The molecule has 5 nitrogen and oxygen atoms in total. The summed E-state index contributed by atoms with van der Waals surface area (Å²) in [6.07, 6.45) is 0.237. The molecule has 2 aromatic rings. The molecule has 0 saturated carbocycles. The van der Waals surface area contributed by atoms with E-state index in [0.717, 1.165) is 5.69 Å². The van der Waals surface area contributed by atoms with Crippen molar-refractivity contribution >= 4 is 17.2 Å². The minimum atomic E-state index is -0.618. The van der Waals surface area contributed by atoms with Crippen LogP contribution >= 0.6 is 0 Å². The summed E-state index contributed by atoms with van der Waals surface area (Å²) in [7, 11) is 1.58. The quantitative estimate of drug-likeness (QED) is 0.854. The lowest BCUT2D eigenvalue weighted by atomic mass is 10.1. The van der Waals surface area contributed by atoms with Crippen LogP contribution in [0.25, 0.3) is 0 Å². The van der Waals surface area contributed by atoms with E-state index in [1.807, 2.05) is 18.2 Å². The van der Waals surface area contributed by atoms with Crippen molar-refractivity contribution < 1.29 is 13.9 Å². The van der Waals surface area contributed by atoms with Crippen molar-refractivity contribution in [2.24, 2.45) is 0 Å². The van der Waals surface area contributed by atoms with Crippen LogP contribution in [0.4, 0.5) is 11.4 Å². The number of rotatable bonds is 5. The van der Waals surface area contributed by atoms with Crippen LogP contribution in [-0.2, 0) is 0 Å². The largest absolute Gasteiger partial charge is 0.497 e. The highest BCUT2D eigenvalue weighted by atomic mass is 16.5. The highest BCUT2D eigenvalue weighted by Crippen LogP contribution is 2.24. The molecule has 1 heterocycles. The summed E-state index contributed by atoms with van der Waals surface area (Å²) in [5, 5.41) is 3.08. The molecule has 1 aromatic carbocycles. The molecule has 1 N–H and O–H groups in total. The first kappa shape index (κ1) is 14.8. The van der Waals surface area contributed by atoms with Crippen LogP contribution in [0.2, 0.25) is 0 Å². The molecule has 0 amide bonds. The smallest absolute Gasteiger partial charge is 0.348 e. The van der Waals surface area contributed by atoms with Crippen molar-refractivity contribution in [2.45, 2.75) is 20.3 Å². The number of carbonyl (C=O) groups is 1. The number of ether oxygens (including phenoxy) is 1. The van der Waals surface area contributed by atoms with Crippen LogP contribution in [0, 0.1) is 6.92 Å². The Hall–Kier alpha value is -2.56. The number of benzene rings is 1. The van der Waals surface area contributed by atoms with Crippen molar-refractivity contribution in [2.75, 3.05) is 12.4 Å². The number of ketones is 1. The number of Topliss-reactive ketones (excluding diaryl/α,β-unsaturated/α-hetero) is 1. The maximum Gasteiger partial charge on any atom is 0.348 e. The first-order valence-corrected chi connectivity index (χ1v) is 6.64. The summed E-state index contributed by atoms with van der Waals surface area (Å²) in [5.74, 6) is 0.871. The molecular formula is C16H17NO4. The highest BCUT2D eigenvalue weighted by Gasteiger charge is 2.17. The standard InChI is InChI=1S/C16H17NO4/c1-4-14(18)15-13(8-10(2)21-16(15)19)17-11-6-5-7-12(9-11)20-3/h5-9,17H,4H2,1-3H3. The number of nitrogens with one attached hydrogen (secondary N) is 1. The van der Waals surface area contributed by atoms with Crippen molar-refractivity contribution in [3.8, 4) is 5.75 Å². The number of anilines is 2. The van der Waals surface area contributed by atoms with Gasteiger partial charge in [-0.1, -0.05) is 13.0 Å². The van der Waals surface area contributed by atoms with Gasteiger partial charge in [0.2, 0.25) is 0 Å². The number of carbonyl (C=O) groups excluding carboxylic acids is 1. The summed E-state index contributed by atoms with van der Waals surface area (Å²) in [4.78, 5) is 23.9. The van der Waals surface area contributed by atoms with E-state index in [1.165, 1.54) is 0 Å². The number of aryl methyl sites for hydroxylation is 1. The lowest BCUT2D eigenvalue weighted by Crippen LogP contribution is -2.16. The second-order valence-electron chi connectivity index (χ2n) is 4.57. The molecule has 0 fully saturated rings. The van der Waals surface area contributed by atoms with Gasteiger partial charge in [-0.2, -0.15) is 0 Å². The minimum Gasteiger partial charge on any atom is -0.497 e.